The average Bonchev–Trinajstić information content (AvgIpc) is 2.12. The summed E-state index contributed by atoms with van der Waals surface area (Å²) in [5, 5.41) is 3.70. The van der Waals surface area contributed by atoms with Crippen LogP contribution in [0.5, 0.6) is 0 Å². The van der Waals surface area contributed by atoms with E-state index in [2.05, 4.69) is 19.2 Å². The van der Waals surface area contributed by atoms with Crippen molar-refractivity contribution in [2.75, 3.05) is 19.8 Å². The fraction of sp³-hybridized carbons (Fsp3) is 1.00. The van der Waals surface area contributed by atoms with Crippen LogP contribution in [0.25, 0.3) is 0 Å². The maximum Gasteiger partial charge on any atom is 0.0471 e. The Hall–Kier alpha value is -0.0800. The molecule has 14 heavy (non-hydrogen) atoms. The Morgan fingerprint density at radius 3 is 2.50 bits per heavy atom. The number of ether oxygens (including phenoxy) is 1. The standard InChI is InChI=1S/C12H23NO/c1-10-7-11(8-10)13-9-12(2)3-5-14-6-4-12/h10-11,13H,3-9H2,1-2H3. The van der Waals surface area contributed by atoms with Gasteiger partial charge in [0.05, 0.1) is 0 Å². The van der Waals surface area contributed by atoms with Gasteiger partial charge in [-0.3, -0.25) is 0 Å². The quantitative estimate of drug-likeness (QED) is 0.749. The van der Waals surface area contributed by atoms with E-state index in [1.54, 1.807) is 0 Å². The molecule has 2 fully saturated rings. The first-order chi connectivity index (χ1) is 6.68. The van der Waals surface area contributed by atoms with Crippen molar-refractivity contribution in [2.45, 2.75) is 45.6 Å². The van der Waals surface area contributed by atoms with Crippen molar-refractivity contribution in [3.05, 3.63) is 0 Å². The van der Waals surface area contributed by atoms with Gasteiger partial charge >= 0.3 is 0 Å². The Morgan fingerprint density at radius 2 is 1.93 bits per heavy atom. The van der Waals surface area contributed by atoms with Gasteiger partial charge in [0.1, 0.15) is 0 Å². The van der Waals surface area contributed by atoms with Gasteiger partial charge in [0.15, 0.2) is 0 Å². The van der Waals surface area contributed by atoms with Crippen LogP contribution in [-0.2, 0) is 4.74 Å². The van der Waals surface area contributed by atoms with Crippen molar-refractivity contribution >= 4 is 0 Å². The summed E-state index contributed by atoms with van der Waals surface area (Å²) in [4.78, 5) is 0. The molecule has 0 unspecified atom stereocenters. The van der Waals surface area contributed by atoms with Gasteiger partial charge in [-0.1, -0.05) is 13.8 Å². The highest BCUT2D eigenvalue weighted by molar-refractivity contribution is 4.86. The van der Waals surface area contributed by atoms with E-state index in [-0.39, 0.29) is 0 Å². The Labute approximate surface area is 87.4 Å². The molecule has 1 aliphatic carbocycles. The third-order valence-electron chi connectivity index (χ3n) is 3.89. The summed E-state index contributed by atoms with van der Waals surface area (Å²) in [6.45, 7) is 7.84. The normalized spacial score (nSPS) is 36.4. The van der Waals surface area contributed by atoms with Gasteiger partial charge < -0.3 is 10.1 Å². The van der Waals surface area contributed by atoms with E-state index in [0.717, 1.165) is 25.2 Å². The van der Waals surface area contributed by atoms with E-state index in [1.165, 1.54) is 32.2 Å². The summed E-state index contributed by atoms with van der Waals surface area (Å²) >= 11 is 0. The highest BCUT2D eigenvalue weighted by atomic mass is 16.5. The zero-order chi connectivity index (χ0) is 10.0. The summed E-state index contributed by atoms with van der Waals surface area (Å²) in [5.41, 5.74) is 0.497. The van der Waals surface area contributed by atoms with E-state index >= 15 is 0 Å². The lowest BCUT2D eigenvalue weighted by Gasteiger charge is -2.39. The van der Waals surface area contributed by atoms with Crippen LogP contribution in [0.2, 0.25) is 0 Å². The maximum absolute atomic E-state index is 5.40. The Bertz CT molecular complexity index is 181. The van der Waals surface area contributed by atoms with Crippen molar-refractivity contribution in [3.63, 3.8) is 0 Å². The monoisotopic (exact) mass is 197 g/mol. The van der Waals surface area contributed by atoms with Crippen LogP contribution in [0.15, 0.2) is 0 Å². The fourth-order valence-corrected chi connectivity index (χ4v) is 2.50. The third-order valence-corrected chi connectivity index (χ3v) is 3.89. The van der Waals surface area contributed by atoms with E-state index in [4.69, 9.17) is 4.74 Å². The first kappa shape index (κ1) is 10.4. The molecule has 1 heterocycles. The van der Waals surface area contributed by atoms with Crippen LogP contribution in [-0.4, -0.2) is 25.8 Å². The van der Waals surface area contributed by atoms with Gasteiger partial charge in [0, 0.05) is 25.8 Å². The van der Waals surface area contributed by atoms with Gasteiger partial charge in [0.2, 0.25) is 0 Å². The van der Waals surface area contributed by atoms with Crippen LogP contribution in [0.4, 0.5) is 0 Å². The largest absolute Gasteiger partial charge is 0.381 e. The second-order valence-corrected chi connectivity index (χ2v) is 5.58. The Balaban J connectivity index is 1.68. The lowest BCUT2D eigenvalue weighted by Crippen LogP contribution is -2.46. The van der Waals surface area contributed by atoms with E-state index in [1.807, 2.05) is 0 Å². The minimum atomic E-state index is 0.497. The number of nitrogens with one attached hydrogen (secondary N) is 1. The molecule has 0 aromatic heterocycles. The summed E-state index contributed by atoms with van der Waals surface area (Å²) in [6, 6.07) is 0.810. The molecule has 1 aliphatic heterocycles. The van der Waals surface area contributed by atoms with Crippen molar-refractivity contribution < 1.29 is 4.74 Å². The highest BCUT2D eigenvalue weighted by Gasteiger charge is 2.30. The van der Waals surface area contributed by atoms with Crippen molar-refractivity contribution in [2.24, 2.45) is 11.3 Å². The molecule has 1 saturated carbocycles. The Kier molecular flexibility index (Phi) is 3.13. The third kappa shape index (κ3) is 2.48. The molecule has 0 aromatic carbocycles. The molecular formula is C12H23NO. The molecule has 2 heteroatoms. The molecular weight excluding hydrogens is 174 g/mol. The molecule has 0 aromatic rings. The zero-order valence-electron chi connectivity index (χ0n) is 9.51. The maximum atomic E-state index is 5.40. The van der Waals surface area contributed by atoms with Crippen LogP contribution in [0, 0.1) is 11.3 Å². The molecule has 0 radical (unpaired) electrons. The van der Waals surface area contributed by atoms with Gasteiger partial charge in [-0.25, -0.2) is 0 Å². The smallest absolute Gasteiger partial charge is 0.0471 e. The molecule has 0 atom stereocenters. The number of hydrogen-bond donors (Lipinski definition) is 1. The molecule has 0 amide bonds. The van der Waals surface area contributed by atoms with E-state index < -0.39 is 0 Å². The molecule has 82 valence electrons. The first-order valence-electron chi connectivity index (χ1n) is 5.99. The topological polar surface area (TPSA) is 21.3 Å². The van der Waals surface area contributed by atoms with Crippen LogP contribution >= 0.6 is 0 Å². The number of rotatable bonds is 3. The highest BCUT2D eigenvalue weighted by Crippen LogP contribution is 2.31. The van der Waals surface area contributed by atoms with Gasteiger partial charge in [-0.05, 0) is 37.0 Å². The second kappa shape index (κ2) is 4.19. The zero-order valence-corrected chi connectivity index (χ0v) is 9.51. The molecule has 2 rings (SSSR count). The molecule has 1 N–H and O–H groups in total. The molecule has 2 aliphatic rings. The van der Waals surface area contributed by atoms with Crippen LogP contribution in [0.3, 0.4) is 0 Å². The first-order valence-corrected chi connectivity index (χ1v) is 5.99. The lowest BCUT2D eigenvalue weighted by molar-refractivity contribution is 0.0204. The summed E-state index contributed by atoms with van der Waals surface area (Å²) < 4.78 is 5.40. The molecule has 0 spiro atoms. The predicted molar refractivity (Wildman–Crippen MR) is 58.3 cm³/mol. The summed E-state index contributed by atoms with van der Waals surface area (Å²) in [6.07, 6.45) is 5.21. The SMILES string of the molecule is CC1CC(NCC2(C)CCOCC2)C1. The predicted octanol–water partition coefficient (Wildman–Crippen LogP) is 2.19. The van der Waals surface area contributed by atoms with Crippen molar-refractivity contribution in [3.8, 4) is 0 Å². The number of hydrogen-bond acceptors (Lipinski definition) is 2. The lowest BCUT2D eigenvalue weighted by atomic mass is 9.79. The second-order valence-electron chi connectivity index (χ2n) is 5.58. The minimum absolute atomic E-state index is 0.497. The minimum Gasteiger partial charge on any atom is -0.381 e. The average molecular weight is 197 g/mol. The van der Waals surface area contributed by atoms with Gasteiger partial charge in [0.25, 0.3) is 0 Å². The van der Waals surface area contributed by atoms with E-state index in [0.29, 0.717) is 5.41 Å². The summed E-state index contributed by atoms with van der Waals surface area (Å²) in [5.74, 6) is 0.954. The van der Waals surface area contributed by atoms with E-state index in [9.17, 15) is 0 Å². The van der Waals surface area contributed by atoms with Gasteiger partial charge in [-0.15, -0.1) is 0 Å². The van der Waals surface area contributed by atoms with Gasteiger partial charge in [-0.2, -0.15) is 0 Å². The molecule has 1 saturated heterocycles. The Morgan fingerprint density at radius 1 is 1.29 bits per heavy atom. The molecule has 2 nitrogen and oxygen atoms in total. The fourth-order valence-electron chi connectivity index (χ4n) is 2.50. The van der Waals surface area contributed by atoms with Crippen molar-refractivity contribution in [1.82, 2.24) is 5.32 Å². The van der Waals surface area contributed by atoms with Crippen LogP contribution < -0.4 is 5.32 Å². The molecule has 0 bridgehead atoms. The summed E-state index contributed by atoms with van der Waals surface area (Å²) in [7, 11) is 0. The van der Waals surface area contributed by atoms with Crippen LogP contribution in [0.1, 0.15) is 39.5 Å². The van der Waals surface area contributed by atoms with Crippen molar-refractivity contribution in [1.29, 1.82) is 0 Å².